The van der Waals surface area contributed by atoms with Crippen LogP contribution in [0, 0.1) is 11.8 Å². The molecule has 358 valence electrons. The van der Waals surface area contributed by atoms with E-state index in [0.717, 1.165) is 88.0 Å². The van der Waals surface area contributed by atoms with Crippen molar-refractivity contribution in [2.45, 2.75) is 83.2 Å². The van der Waals surface area contributed by atoms with Crippen molar-refractivity contribution in [2.75, 3.05) is 54.7 Å². The molecule has 8 rings (SSSR count). The summed E-state index contributed by atoms with van der Waals surface area (Å²) < 4.78 is 47.6. The van der Waals surface area contributed by atoms with Crippen molar-refractivity contribution in [1.29, 1.82) is 0 Å². The van der Waals surface area contributed by atoms with Gasteiger partial charge in [0.2, 0.25) is 11.8 Å². The van der Waals surface area contributed by atoms with E-state index in [1.165, 1.54) is 25.3 Å². The summed E-state index contributed by atoms with van der Waals surface area (Å²) >= 11 is 5.92. The predicted molar refractivity (Wildman–Crippen MR) is 260 cm³/mol. The molecule has 2 fully saturated rings. The first-order valence-corrected chi connectivity index (χ1v) is 24.1. The van der Waals surface area contributed by atoms with Crippen LogP contribution in [0.2, 0.25) is 0 Å². The normalized spacial score (nSPS) is 15.9. The Kier molecular flexibility index (Phi) is 16.7. The lowest BCUT2D eigenvalue weighted by Crippen LogP contribution is -2.31. The van der Waals surface area contributed by atoms with E-state index in [-0.39, 0.29) is 35.1 Å². The molecule has 2 N–H and O–H groups in total. The average molecular weight is 950 g/mol. The number of unbranched alkanes of at least 4 members (excludes halogenated alkanes) is 3. The summed E-state index contributed by atoms with van der Waals surface area (Å²) in [5.74, 6) is 3.33. The summed E-state index contributed by atoms with van der Waals surface area (Å²) in [6.45, 7) is 3.92. The number of ether oxygens (including phenoxy) is 2. The summed E-state index contributed by atoms with van der Waals surface area (Å²) in [5, 5.41) is 10.2. The molecule has 0 atom stereocenters. The summed E-state index contributed by atoms with van der Waals surface area (Å²) in [4.78, 5) is 38.5. The number of amides is 2. The van der Waals surface area contributed by atoms with Gasteiger partial charge in [-0.1, -0.05) is 43.2 Å². The van der Waals surface area contributed by atoms with Gasteiger partial charge in [0, 0.05) is 36.7 Å². The van der Waals surface area contributed by atoms with Crippen LogP contribution in [0.1, 0.15) is 98.4 Å². The van der Waals surface area contributed by atoms with Crippen molar-refractivity contribution in [3.63, 3.8) is 0 Å². The number of hydrogen-bond acceptors (Lipinski definition) is 10. The Morgan fingerprint density at radius 2 is 1.59 bits per heavy atom. The van der Waals surface area contributed by atoms with Crippen LogP contribution in [0.5, 0.6) is 17.2 Å². The third-order valence-electron chi connectivity index (χ3n) is 12.5. The standard InChI is InChI=1S/C52H59ClF2N8O5/c1-61(27-7-2-3-8-28-66-42-21-23-44(24-22-42)68-43-19-17-40(18-20-43)62(48(64)30-53)33-37-9-5-4-6-10-37)32-38-13-15-41(16-14-38)63-34-45(49(60-63)50(54)55)58-51(65)46-35-67-52(59-46)39-25-26-56-47(29-39)57-31-36-11-12-36/h4-6,9-10,17-26,29,34-36,38,41,50H,2-3,7-8,11-16,27-28,30-33H2,1H3,(H,56,57)(H,58,65)/t38-,41-. The predicted octanol–water partition coefficient (Wildman–Crippen LogP) is 11.8. The third kappa shape index (κ3) is 13.7. The van der Waals surface area contributed by atoms with E-state index < -0.39 is 18.0 Å². The third-order valence-corrected chi connectivity index (χ3v) is 12.7. The molecule has 2 saturated carbocycles. The number of hydrogen-bond donors (Lipinski definition) is 2. The molecule has 13 nitrogen and oxygen atoms in total. The molecule has 3 aromatic carbocycles. The number of halogens is 3. The molecule has 68 heavy (non-hydrogen) atoms. The summed E-state index contributed by atoms with van der Waals surface area (Å²) in [7, 11) is 2.17. The molecule has 0 aliphatic heterocycles. The molecular weight excluding hydrogens is 890 g/mol. The van der Waals surface area contributed by atoms with Crippen molar-refractivity contribution in [1.82, 2.24) is 24.6 Å². The monoisotopic (exact) mass is 948 g/mol. The smallest absolute Gasteiger partial charge is 0.284 e. The lowest BCUT2D eigenvalue weighted by Gasteiger charge is -2.31. The van der Waals surface area contributed by atoms with Gasteiger partial charge in [0.1, 0.15) is 35.2 Å². The van der Waals surface area contributed by atoms with Crippen molar-refractivity contribution in [3.8, 4) is 28.7 Å². The fourth-order valence-corrected chi connectivity index (χ4v) is 8.67. The van der Waals surface area contributed by atoms with E-state index in [1.807, 2.05) is 84.9 Å². The zero-order valence-corrected chi connectivity index (χ0v) is 39.1. The number of carbonyl (C=O) groups excluding carboxylic acids is 2. The zero-order valence-electron chi connectivity index (χ0n) is 38.4. The Balaban J connectivity index is 0.700. The Bertz CT molecular complexity index is 2530. The molecular formula is C52H59ClF2N8O5. The minimum absolute atomic E-state index is 0.0196. The second-order valence-electron chi connectivity index (χ2n) is 17.8. The fourth-order valence-electron chi connectivity index (χ4n) is 8.53. The number of rotatable bonds is 24. The number of nitrogens with zero attached hydrogens (tertiary/aromatic N) is 6. The van der Waals surface area contributed by atoms with E-state index in [2.05, 4.69) is 37.6 Å². The van der Waals surface area contributed by atoms with Crippen molar-refractivity contribution < 1.29 is 32.3 Å². The highest BCUT2D eigenvalue weighted by molar-refractivity contribution is 6.29. The molecule has 0 spiro atoms. The summed E-state index contributed by atoms with van der Waals surface area (Å²) in [6, 6.07) is 28.3. The second kappa shape index (κ2) is 23.6. The SMILES string of the molecule is CN(CCCCCCOc1ccc(Oc2ccc(N(Cc3ccccc3)C(=O)CCl)cc2)cc1)C[C@H]1CC[C@H](n2cc(NC(=O)c3coc(-c4ccnc(NCC5CC5)c4)n3)c(C(F)F)n2)CC1. The van der Waals surface area contributed by atoms with Crippen molar-refractivity contribution >= 4 is 40.6 Å². The Morgan fingerprint density at radius 1 is 0.882 bits per heavy atom. The number of benzene rings is 3. The minimum atomic E-state index is -2.85. The van der Waals surface area contributed by atoms with Gasteiger partial charge in [-0.2, -0.15) is 5.10 Å². The van der Waals surface area contributed by atoms with Crippen LogP contribution in [0.3, 0.4) is 0 Å². The highest BCUT2D eigenvalue weighted by Crippen LogP contribution is 2.36. The van der Waals surface area contributed by atoms with E-state index in [0.29, 0.717) is 47.9 Å². The molecule has 6 aromatic rings. The highest BCUT2D eigenvalue weighted by atomic mass is 35.5. The Morgan fingerprint density at radius 3 is 2.31 bits per heavy atom. The van der Waals surface area contributed by atoms with Crippen LogP contribution in [0.25, 0.3) is 11.5 Å². The molecule has 16 heteroatoms. The van der Waals surface area contributed by atoms with Gasteiger partial charge in [-0.05, 0) is 143 Å². The molecule has 3 aromatic heterocycles. The lowest BCUT2D eigenvalue weighted by molar-refractivity contribution is -0.116. The number of oxazole rings is 1. The number of nitrogens with one attached hydrogen (secondary N) is 2. The maximum atomic E-state index is 14.2. The highest BCUT2D eigenvalue weighted by Gasteiger charge is 2.28. The molecule has 0 saturated heterocycles. The summed E-state index contributed by atoms with van der Waals surface area (Å²) in [6.07, 6.45) is 11.8. The number of alkyl halides is 3. The maximum absolute atomic E-state index is 14.2. The molecule has 0 bridgehead atoms. The largest absolute Gasteiger partial charge is 0.494 e. The van der Waals surface area contributed by atoms with Crippen LogP contribution in [0.4, 0.5) is 26.0 Å². The minimum Gasteiger partial charge on any atom is -0.494 e. The van der Waals surface area contributed by atoms with Crippen molar-refractivity contribution in [2.24, 2.45) is 11.8 Å². The molecule has 2 aliphatic carbocycles. The van der Waals surface area contributed by atoms with E-state index in [1.54, 1.807) is 21.8 Å². The molecule has 0 radical (unpaired) electrons. The first-order valence-electron chi connectivity index (χ1n) is 23.6. The van der Waals surface area contributed by atoms with E-state index in [4.69, 9.17) is 25.5 Å². The molecule has 2 amide bonds. The zero-order chi connectivity index (χ0) is 47.2. The lowest BCUT2D eigenvalue weighted by atomic mass is 9.86. The van der Waals surface area contributed by atoms with E-state index >= 15 is 0 Å². The Labute approximate surface area is 401 Å². The Hall–Kier alpha value is -6.32. The van der Waals surface area contributed by atoms with Crippen LogP contribution < -0.4 is 25.0 Å². The number of pyridine rings is 1. The number of anilines is 3. The van der Waals surface area contributed by atoms with Gasteiger partial charge in [0.05, 0.1) is 24.9 Å². The second-order valence-corrected chi connectivity index (χ2v) is 18.1. The van der Waals surface area contributed by atoms with Crippen LogP contribution in [0.15, 0.2) is 114 Å². The van der Waals surface area contributed by atoms with Gasteiger partial charge in [-0.15, -0.1) is 11.6 Å². The van der Waals surface area contributed by atoms with Crippen LogP contribution in [-0.4, -0.2) is 75.6 Å². The van der Waals surface area contributed by atoms with Gasteiger partial charge in [0.25, 0.3) is 12.3 Å². The van der Waals surface area contributed by atoms with Gasteiger partial charge >= 0.3 is 0 Å². The molecule has 3 heterocycles. The van der Waals surface area contributed by atoms with E-state index in [9.17, 15) is 18.4 Å². The topological polar surface area (TPSA) is 140 Å². The maximum Gasteiger partial charge on any atom is 0.284 e. The molecule has 0 unspecified atom stereocenters. The van der Waals surface area contributed by atoms with Gasteiger partial charge in [-0.3, -0.25) is 14.3 Å². The first-order chi connectivity index (χ1) is 33.2. The van der Waals surface area contributed by atoms with Gasteiger partial charge in [0.15, 0.2) is 11.4 Å². The van der Waals surface area contributed by atoms with Gasteiger partial charge in [-0.25, -0.2) is 18.7 Å². The van der Waals surface area contributed by atoms with Crippen LogP contribution in [-0.2, 0) is 11.3 Å². The van der Waals surface area contributed by atoms with Gasteiger partial charge < -0.3 is 34.3 Å². The fraction of sp³-hybridized carbons (Fsp3) is 0.404. The quantitative estimate of drug-likeness (QED) is 0.0445. The van der Waals surface area contributed by atoms with Crippen LogP contribution >= 0.6 is 11.6 Å². The first kappa shape index (κ1) is 48.1. The molecule has 2 aliphatic rings. The number of carbonyl (C=O) groups is 2. The number of aromatic nitrogens is 4. The summed E-state index contributed by atoms with van der Waals surface area (Å²) in [5.41, 5.74) is 1.91. The van der Waals surface area contributed by atoms with Crippen molar-refractivity contribution in [3.05, 3.63) is 127 Å². The average Bonchev–Trinajstić information content (AvgIpc) is 3.88.